The molecule has 0 saturated heterocycles. The lowest BCUT2D eigenvalue weighted by molar-refractivity contribution is -0.370. The molecular formula is C13H22O2. The Morgan fingerprint density at radius 1 is 1.07 bits per heavy atom. The van der Waals surface area contributed by atoms with Gasteiger partial charge in [0.15, 0.2) is 0 Å². The minimum absolute atomic E-state index is 0.0363. The normalized spacial score (nSPS) is 26.3. The summed E-state index contributed by atoms with van der Waals surface area (Å²) >= 11 is 0. The molecule has 1 rings (SSSR count). The van der Waals surface area contributed by atoms with Crippen molar-refractivity contribution in [3.05, 3.63) is 24.3 Å². The van der Waals surface area contributed by atoms with Crippen LogP contribution in [0, 0.1) is 11.8 Å². The number of hydrogen-bond acceptors (Lipinski definition) is 2. The van der Waals surface area contributed by atoms with Crippen LogP contribution in [0.2, 0.25) is 0 Å². The highest BCUT2D eigenvalue weighted by atomic mass is 17.2. The highest BCUT2D eigenvalue weighted by molar-refractivity contribution is 5.15. The molecule has 2 nitrogen and oxygen atoms in total. The number of hydrogen-bond donors (Lipinski definition) is 0. The van der Waals surface area contributed by atoms with Crippen molar-refractivity contribution in [2.24, 2.45) is 11.8 Å². The first kappa shape index (κ1) is 12.5. The topological polar surface area (TPSA) is 18.5 Å². The summed E-state index contributed by atoms with van der Waals surface area (Å²) in [5, 5.41) is 0. The van der Waals surface area contributed by atoms with Crippen molar-refractivity contribution >= 4 is 0 Å². The summed E-state index contributed by atoms with van der Waals surface area (Å²) in [7, 11) is 0. The lowest BCUT2D eigenvalue weighted by Gasteiger charge is -2.29. The van der Waals surface area contributed by atoms with Crippen LogP contribution in [0.4, 0.5) is 0 Å². The maximum Gasteiger partial charge on any atom is 0.118 e. The van der Waals surface area contributed by atoms with E-state index < -0.39 is 0 Å². The third-order valence-electron chi connectivity index (χ3n) is 2.30. The molecule has 0 bridgehead atoms. The second kappa shape index (κ2) is 4.95. The van der Waals surface area contributed by atoms with Crippen molar-refractivity contribution in [2.45, 2.75) is 46.3 Å². The van der Waals surface area contributed by atoms with Crippen molar-refractivity contribution < 1.29 is 9.78 Å². The van der Waals surface area contributed by atoms with Gasteiger partial charge in [0.2, 0.25) is 0 Å². The van der Waals surface area contributed by atoms with Crippen LogP contribution < -0.4 is 0 Å². The molecule has 0 N–H and O–H groups in total. The first-order valence-corrected chi connectivity index (χ1v) is 5.59. The molecule has 0 aromatic rings. The molecular weight excluding hydrogens is 188 g/mol. The van der Waals surface area contributed by atoms with Crippen molar-refractivity contribution in [1.82, 2.24) is 0 Å². The maximum absolute atomic E-state index is 5.48. The van der Waals surface area contributed by atoms with Crippen molar-refractivity contribution in [1.29, 1.82) is 0 Å². The van der Waals surface area contributed by atoms with E-state index in [2.05, 4.69) is 32.1 Å². The molecule has 0 spiro atoms. The lowest BCUT2D eigenvalue weighted by atomic mass is 9.87. The van der Waals surface area contributed by atoms with Crippen LogP contribution in [0.3, 0.4) is 0 Å². The second-order valence-electron chi connectivity index (χ2n) is 5.35. The summed E-state index contributed by atoms with van der Waals surface area (Å²) in [4.78, 5) is 10.8. The molecule has 86 valence electrons. The van der Waals surface area contributed by atoms with E-state index in [1.54, 1.807) is 0 Å². The summed E-state index contributed by atoms with van der Waals surface area (Å²) in [6.07, 6.45) is 8.35. The van der Waals surface area contributed by atoms with Crippen molar-refractivity contribution in [2.75, 3.05) is 0 Å². The molecule has 0 radical (unpaired) electrons. The average Bonchev–Trinajstić information content (AvgIpc) is 2.14. The largest absolute Gasteiger partial charge is 0.230 e. The zero-order valence-corrected chi connectivity index (χ0v) is 10.4. The Bertz CT molecular complexity index is 246. The summed E-state index contributed by atoms with van der Waals surface area (Å²) in [6.45, 7) is 10.3. The molecule has 0 aromatic heterocycles. The van der Waals surface area contributed by atoms with Crippen LogP contribution in [0.5, 0.6) is 0 Å². The van der Waals surface area contributed by atoms with Gasteiger partial charge >= 0.3 is 0 Å². The Kier molecular flexibility index (Phi) is 4.12. The monoisotopic (exact) mass is 210 g/mol. The Morgan fingerprint density at radius 2 is 1.67 bits per heavy atom. The molecule has 1 aliphatic carbocycles. The van der Waals surface area contributed by atoms with Crippen LogP contribution >= 0.6 is 0 Å². The number of allylic oxidation sites excluding steroid dienone is 2. The predicted octanol–water partition coefficient (Wildman–Crippen LogP) is 3.50. The molecule has 0 amide bonds. The van der Waals surface area contributed by atoms with Gasteiger partial charge in [0.25, 0.3) is 0 Å². The Labute approximate surface area is 92.9 Å². The minimum atomic E-state index is -0.253. The summed E-state index contributed by atoms with van der Waals surface area (Å²) in [5.41, 5.74) is -0.253. The molecule has 2 atom stereocenters. The van der Waals surface area contributed by atoms with E-state index in [1.807, 2.05) is 26.8 Å². The van der Waals surface area contributed by atoms with Crippen LogP contribution in [0.1, 0.15) is 34.6 Å². The molecule has 0 saturated carbocycles. The van der Waals surface area contributed by atoms with E-state index in [4.69, 9.17) is 9.78 Å². The van der Waals surface area contributed by atoms with Gasteiger partial charge in [0.05, 0.1) is 5.60 Å². The summed E-state index contributed by atoms with van der Waals surface area (Å²) in [5.74, 6) is 0.956. The first-order valence-electron chi connectivity index (χ1n) is 5.59. The van der Waals surface area contributed by atoms with E-state index >= 15 is 0 Å². The van der Waals surface area contributed by atoms with Gasteiger partial charge in [-0.2, -0.15) is 0 Å². The van der Waals surface area contributed by atoms with Crippen molar-refractivity contribution in [3.8, 4) is 0 Å². The van der Waals surface area contributed by atoms with E-state index in [0.717, 1.165) is 0 Å². The molecule has 0 heterocycles. The average molecular weight is 210 g/mol. The second-order valence-corrected chi connectivity index (χ2v) is 5.35. The van der Waals surface area contributed by atoms with Gasteiger partial charge in [-0.3, -0.25) is 0 Å². The van der Waals surface area contributed by atoms with Crippen LogP contribution in [0.25, 0.3) is 0 Å². The van der Waals surface area contributed by atoms with E-state index in [-0.39, 0.29) is 11.7 Å². The standard InChI is InChI=1S/C13H22O2/c1-10(2)11-8-6-7-9-12(11)14-15-13(3,4)5/h6-12H,1-5H3. The molecule has 2 unspecified atom stereocenters. The quantitative estimate of drug-likeness (QED) is 0.524. The third kappa shape index (κ3) is 4.18. The summed E-state index contributed by atoms with van der Waals surface area (Å²) < 4.78 is 0. The predicted molar refractivity (Wildman–Crippen MR) is 62.3 cm³/mol. The molecule has 2 heteroatoms. The van der Waals surface area contributed by atoms with Gasteiger partial charge in [0.1, 0.15) is 6.10 Å². The Balaban J connectivity index is 2.52. The van der Waals surface area contributed by atoms with Gasteiger partial charge in [-0.05, 0) is 26.7 Å². The van der Waals surface area contributed by atoms with Gasteiger partial charge in [0, 0.05) is 5.92 Å². The fourth-order valence-corrected chi connectivity index (χ4v) is 1.50. The highest BCUT2D eigenvalue weighted by Gasteiger charge is 2.25. The fraction of sp³-hybridized carbons (Fsp3) is 0.692. The molecule has 0 aliphatic heterocycles. The Hall–Kier alpha value is -0.600. The molecule has 1 aliphatic rings. The third-order valence-corrected chi connectivity index (χ3v) is 2.30. The van der Waals surface area contributed by atoms with Gasteiger partial charge in [-0.25, -0.2) is 9.78 Å². The number of rotatable bonds is 3. The lowest BCUT2D eigenvalue weighted by Crippen LogP contribution is -2.30. The smallest absolute Gasteiger partial charge is 0.118 e. The summed E-state index contributed by atoms with van der Waals surface area (Å²) in [6, 6.07) is 0. The Morgan fingerprint density at radius 3 is 2.20 bits per heavy atom. The van der Waals surface area contributed by atoms with Gasteiger partial charge in [-0.15, -0.1) is 0 Å². The van der Waals surface area contributed by atoms with Gasteiger partial charge < -0.3 is 0 Å². The van der Waals surface area contributed by atoms with Crippen LogP contribution in [0.15, 0.2) is 24.3 Å². The van der Waals surface area contributed by atoms with Crippen molar-refractivity contribution in [3.63, 3.8) is 0 Å². The molecule has 15 heavy (non-hydrogen) atoms. The van der Waals surface area contributed by atoms with Crippen LogP contribution in [-0.2, 0) is 9.78 Å². The maximum atomic E-state index is 5.48. The zero-order valence-electron chi connectivity index (χ0n) is 10.4. The SMILES string of the molecule is CC(C)C1C=CC=CC1OOC(C)(C)C. The first-order chi connectivity index (χ1) is 6.90. The molecule has 0 fully saturated rings. The van der Waals surface area contributed by atoms with Crippen LogP contribution in [-0.4, -0.2) is 11.7 Å². The minimum Gasteiger partial charge on any atom is -0.230 e. The zero-order chi connectivity index (χ0) is 11.5. The van der Waals surface area contributed by atoms with E-state index in [0.29, 0.717) is 11.8 Å². The fourth-order valence-electron chi connectivity index (χ4n) is 1.50. The van der Waals surface area contributed by atoms with E-state index in [1.165, 1.54) is 0 Å². The highest BCUT2D eigenvalue weighted by Crippen LogP contribution is 2.25. The molecule has 0 aromatic carbocycles. The van der Waals surface area contributed by atoms with E-state index in [9.17, 15) is 0 Å². The van der Waals surface area contributed by atoms with Gasteiger partial charge in [-0.1, -0.05) is 38.2 Å².